The molecular weight excluding hydrogens is 285 g/mol. The first kappa shape index (κ1) is 16.2. The molecule has 0 unspecified atom stereocenters. The number of hydroxylamine groups is 2. The lowest BCUT2D eigenvalue weighted by Gasteiger charge is -2.20. The minimum atomic E-state index is -1.55. The topological polar surface area (TPSA) is 87.8 Å². The van der Waals surface area contributed by atoms with Crippen LogP contribution in [-0.4, -0.2) is 44.5 Å². The molecule has 22 heavy (non-hydrogen) atoms. The Kier molecular flexibility index (Phi) is 5.32. The van der Waals surface area contributed by atoms with Gasteiger partial charge in [-0.3, -0.25) is 14.3 Å². The van der Waals surface area contributed by atoms with Crippen LogP contribution >= 0.6 is 0 Å². The van der Waals surface area contributed by atoms with Crippen LogP contribution in [0.25, 0.3) is 0 Å². The molecule has 2 N–H and O–H groups in total. The summed E-state index contributed by atoms with van der Waals surface area (Å²) in [6, 6.07) is 6.05. The maximum Gasteiger partial charge on any atom is 0.488 e. The molecule has 1 aromatic carbocycles. The zero-order valence-corrected chi connectivity index (χ0v) is 12.5. The molecule has 116 valence electrons. The molecule has 0 fully saturated rings. The van der Waals surface area contributed by atoms with E-state index in [9.17, 15) is 4.79 Å². The predicted molar refractivity (Wildman–Crippen MR) is 81.0 cm³/mol. The summed E-state index contributed by atoms with van der Waals surface area (Å²) in [4.78, 5) is 17.9. The normalized spacial score (nSPS) is 10.5. The Morgan fingerprint density at radius 1 is 1.36 bits per heavy atom. The summed E-state index contributed by atoms with van der Waals surface area (Å²) < 4.78 is 1.65. The third kappa shape index (κ3) is 3.94. The number of hydrogen-bond acceptors (Lipinski definition) is 5. The van der Waals surface area contributed by atoms with Crippen LogP contribution in [0.1, 0.15) is 22.8 Å². The van der Waals surface area contributed by atoms with Gasteiger partial charge in [-0.05, 0) is 24.5 Å². The van der Waals surface area contributed by atoms with Gasteiger partial charge in [0.2, 0.25) is 0 Å². The average Bonchev–Trinajstić information content (AvgIpc) is 2.91. The van der Waals surface area contributed by atoms with E-state index in [1.54, 1.807) is 24.9 Å². The van der Waals surface area contributed by atoms with Gasteiger partial charge in [0, 0.05) is 24.4 Å². The second kappa shape index (κ2) is 7.21. The van der Waals surface area contributed by atoms with Crippen molar-refractivity contribution in [3.8, 4) is 0 Å². The Hall–Kier alpha value is -2.16. The maximum absolute atomic E-state index is 12.5. The standard InChI is InChI=1S/C14H18BN3O4/c1-3-22-18(10-11-8-16-17(2)9-11)14(19)12-4-6-13(7-5-12)15(20)21/h4-9,20-21H,3,10H2,1-2H3. The van der Waals surface area contributed by atoms with E-state index in [4.69, 9.17) is 14.9 Å². The number of benzene rings is 1. The van der Waals surface area contributed by atoms with Gasteiger partial charge in [0.15, 0.2) is 0 Å². The van der Waals surface area contributed by atoms with Crippen LogP contribution in [-0.2, 0) is 18.4 Å². The lowest BCUT2D eigenvalue weighted by atomic mass is 9.80. The van der Waals surface area contributed by atoms with Crippen LogP contribution in [0.2, 0.25) is 0 Å². The first-order valence-electron chi connectivity index (χ1n) is 6.89. The highest BCUT2D eigenvalue weighted by molar-refractivity contribution is 6.58. The quantitative estimate of drug-likeness (QED) is 0.565. The summed E-state index contributed by atoms with van der Waals surface area (Å²) in [5, 5.41) is 23.5. The van der Waals surface area contributed by atoms with E-state index in [1.807, 2.05) is 6.20 Å². The smallest absolute Gasteiger partial charge is 0.423 e. The van der Waals surface area contributed by atoms with Crippen LogP contribution in [0, 0.1) is 0 Å². The second-order valence-electron chi connectivity index (χ2n) is 4.78. The highest BCUT2D eigenvalue weighted by Gasteiger charge is 2.19. The van der Waals surface area contributed by atoms with Gasteiger partial charge >= 0.3 is 7.12 Å². The average molecular weight is 303 g/mol. The Morgan fingerprint density at radius 2 is 2.05 bits per heavy atom. The summed E-state index contributed by atoms with van der Waals surface area (Å²) in [6.45, 7) is 2.44. The van der Waals surface area contributed by atoms with Crippen LogP contribution in [0.15, 0.2) is 36.7 Å². The first-order chi connectivity index (χ1) is 10.5. The lowest BCUT2D eigenvalue weighted by molar-refractivity contribution is -0.125. The summed E-state index contributed by atoms with van der Waals surface area (Å²) >= 11 is 0. The summed E-state index contributed by atoms with van der Waals surface area (Å²) in [6.07, 6.45) is 3.48. The number of rotatable bonds is 6. The van der Waals surface area contributed by atoms with Gasteiger partial charge in [-0.2, -0.15) is 5.10 Å². The SMILES string of the molecule is CCON(Cc1cnn(C)c1)C(=O)c1ccc(B(O)O)cc1. The summed E-state index contributed by atoms with van der Waals surface area (Å²) in [5.74, 6) is -0.301. The van der Waals surface area contributed by atoms with Crippen molar-refractivity contribution in [2.75, 3.05) is 6.61 Å². The number of amides is 1. The van der Waals surface area contributed by atoms with Crippen LogP contribution in [0.5, 0.6) is 0 Å². The fourth-order valence-corrected chi connectivity index (χ4v) is 1.99. The van der Waals surface area contributed by atoms with E-state index in [2.05, 4.69) is 5.10 Å². The van der Waals surface area contributed by atoms with Crippen molar-refractivity contribution in [1.82, 2.24) is 14.8 Å². The molecule has 0 radical (unpaired) electrons. The largest absolute Gasteiger partial charge is 0.488 e. The molecule has 0 aliphatic heterocycles. The summed E-state index contributed by atoms with van der Waals surface area (Å²) in [7, 11) is 0.248. The number of aromatic nitrogens is 2. The third-order valence-electron chi connectivity index (χ3n) is 3.05. The van der Waals surface area contributed by atoms with Crippen molar-refractivity contribution < 1.29 is 19.7 Å². The number of carbonyl (C=O) groups excluding carboxylic acids is 1. The summed E-state index contributed by atoms with van der Waals surface area (Å²) in [5.41, 5.74) is 1.58. The number of nitrogens with zero attached hydrogens (tertiary/aromatic N) is 3. The van der Waals surface area contributed by atoms with Crippen LogP contribution in [0.4, 0.5) is 0 Å². The molecule has 0 aliphatic carbocycles. The molecule has 2 aromatic rings. The third-order valence-corrected chi connectivity index (χ3v) is 3.05. The minimum Gasteiger partial charge on any atom is -0.423 e. The van der Waals surface area contributed by atoms with Gasteiger partial charge in [0.25, 0.3) is 5.91 Å². The number of aryl methyl sites for hydroxylation is 1. The van der Waals surface area contributed by atoms with Crippen LogP contribution in [0.3, 0.4) is 0 Å². The van der Waals surface area contributed by atoms with Crippen molar-refractivity contribution in [2.45, 2.75) is 13.5 Å². The Balaban J connectivity index is 2.14. The minimum absolute atomic E-state index is 0.283. The van der Waals surface area contributed by atoms with Gasteiger partial charge in [0.05, 0.1) is 19.3 Å². The highest BCUT2D eigenvalue weighted by atomic mass is 16.7. The lowest BCUT2D eigenvalue weighted by Crippen LogP contribution is -2.32. The van der Waals surface area contributed by atoms with Gasteiger partial charge in [-0.25, -0.2) is 5.06 Å². The Bertz CT molecular complexity index is 627. The zero-order chi connectivity index (χ0) is 16.1. The van der Waals surface area contributed by atoms with Gasteiger partial charge in [-0.1, -0.05) is 12.1 Å². The molecule has 0 atom stereocenters. The van der Waals surface area contributed by atoms with E-state index in [0.29, 0.717) is 17.6 Å². The van der Waals surface area contributed by atoms with E-state index in [1.165, 1.54) is 29.3 Å². The van der Waals surface area contributed by atoms with Crippen molar-refractivity contribution >= 4 is 18.5 Å². The van der Waals surface area contributed by atoms with E-state index in [0.717, 1.165) is 5.56 Å². The fourth-order valence-electron chi connectivity index (χ4n) is 1.99. The Labute approximate surface area is 128 Å². The molecule has 1 aromatic heterocycles. The van der Waals surface area contributed by atoms with Crippen molar-refractivity contribution in [1.29, 1.82) is 0 Å². The van der Waals surface area contributed by atoms with Crippen molar-refractivity contribution in [2.24, 2.45) is 7.05 Å². The molecule has 0 saturated heterocycles. The molecule has 2 rings (SSSR count). The molecule has 1 amide bonds. The Morgan fingerprint density at radius 3 is 2.55 bits per heavy atom. The van der Waals surface area contributed by atoms with E-state index in [-0.39, 0.29) is 12.5 Å². The molecule has 0 spiro atoms. The molecule has 0 aliphatic rings. The monoisotopic (exact) mass is 303 g/mol. The fraction of sp³-hybridized carbons (Fsp3) is 0.286. The van der Waals surface area contributed by atoms with Gasteiger partial charge in [-0.15, -0.1) is 0 Å². The second-order valence-corrected chi connectivity index (χ2v) is 4.78. The van der Waals surface area contributed by atoms with Crippen molar-refractivity contribution in [3.05, 3.63) is 47.8 Å². The number of hydrogen-bond donors (Lipinski definition) is 2. The van der Waals surface area contributed by atoms with E-state index < -0.39 is 7.12 Å². The molecule has 7 nitrogen and oxygen atoms in total. The van der Waals surface area contributed by atoms with Gasteiger partial charge in [0.1, 0.15) is 0 Å². The first-order valence-corrected chi connectivity index (χ1v) is 6.89. The zero-order valence-electron chi connectivity index (χ0n) is 12.5. The molecular formula is C14H18BN3O4. The molecule has 8 heteroatoms. The van der Waals surface area contributed by atoms with Gasteiger partial charge < -0.3 is 10.0 Å². The van der Waals surface area contributed by atoms with E-state index >= 15 is 0 Å². The highest BCUT2D eigenvalue weighted by Crippen LogP contribution is 2.10. The molecule has 1 heterocycles. The molecule has 0 bridgehead atoms. The van der Waals surface area contributed by atoms with Crippen molar-refractivity contribution in [3.63, 3.8) is 0 Å². The van der Waals surface area contributed by atoms with Crippen LogP contribution < -0.4 is 5.46 Å². The molecule has 0 saturated carbocycles. The maximum atomic E-state index is 12.5. The predicted octanol–water partition coefficient (Wildman–Crippen LogP) is -0.306. The number of carbonyl (C=O) groups is 1.